The molecule has 266 valence electrons. The van der Waals surface area contributed by atoms with Crippen LogP contribution < -0.4 is 0 Å². The Labute approximate surface area is 328 Å². The van der Waals surface area contributed by atoms with Crippen LogP contribution in [0, 0.1) is 0 Å². The molecule has 0 aliphatic heterocycles. The Balaban J connectivity index is 0.960. The second-order valence-corrected chi connectivity index (χ2v) is 14.2. The number of para-hydroxylation sites is 1. The minimum Gasteiger partial charge on any atom is -0.454 e. The predicted octanol–water partition coefficient (Wildman–Crippen LogP) is 13.5. The highest BCUT2D eigenvalue weighted by atomic mass is 16.3. The molecule has 0 saturated carbocycles. The molecule has 3 aromatic heterocycles. The van der Waals surface area contributed by atoms with Gasteiger partial charge in [-0.2, -0.15) is 0 Å². The van der Waals surface area contributed by atoms with Crippen molar-refractivity contribution in [3.05, 3.63) is 194 Å². The maximum Gasteiger partial charge on any atom is 0.164 e. The van der Waals surface area contributed by atoms with Crippen LogP contribution in [0.25, 0.3) is 111 Å². The Hall–Kier alpha value is -7.76. The van der Waals surface area contributed by atoms with Crippen LogP contribution in [0.2, 0.25) is 0 Å². The van der Waals surface area contributed by atoms with Gasteiger partial charge in [-0.3, -0.25) is 0 Å². The Morgan fingerprint density at radius 1 is 0.316 bits per heavy atom. The summed E-state index contributed by atoms with van der Waals surface area (Å²) >= 11 is 0. The van der Waals surface area contributed by atoms with Gasteiger partial charge < -0.3 is 4.42 Å². The van der Waals surface area contributed by atoms with E-state index in [1.54, 1.807) is 0 Å². The van der Waals surface area contributed by atoms with Crippen LogP contribution in [-0.4, -0.2) is 19.9 Å². The molecule has 0 radical (unpaired) electrons. The van der Waals surface area contributed by atoms with Crippen LogP contribution in [-0.2, 0) is 0 Å². The first-order chi connectivity index (χ1) is 28.2. The fraction of sp³-hybridized carbons (Fsp3) is 0. The number of pyridine rings is 1. The Morgan fingerprint density at radius 2 is 0.825 bits per heavy atom. The first-order valence-electron chi connectivity index (χ1n) is 19.0. The van der Waals surface area contributed by atoms with E-state index in [1.807, 2.05) is 48.5 Å². The highest BCUT2D eigenvalue weighted by molar-refractivity contribution is 6.27. The Morgan fingerprint density at radius 3 is 1.54 bits per heavy atom. The molecule has 0 unspecified atom stereocenters. The van der Waals surface area contributed by atoms with Crippen molar-refractivity contribution < 1.29 is 4.42 Å². The molecule has 0 bridgehead atoms. The van der Waals surface area contributed by atoms with E-state index in [2.05, 4.69) is 146 Å². The highest BCUT2D eigenvalue weighted by Gasteiger charge is 2.19. The summed E-state index contributed by atoms with van der Waals surface area (Å²) in [7, 11) is 0. The first-order valence-corrected chi connectivity index (χ1v) is 19.0. The normalized spacial score (nSPS) is 11.5. The lowest BCUT2D eigenvalue weighted by atomic mass is 9.97. The van der Waals surface area contributed by atoms with E-state index >= 15 is 0 Å². The van der Waals surface area contributed by atoms with E-state index in [0.29, 0.717) is 17.5 Å². The minimum absolute atomic E-state index is 0.621. The number of furan rings is 1. The molecule has 0 spiro atoms. The zero-order chi connectivity index (χ0) is 37.7. The maximum atomic E-state index is 6.59. The topological polar surface area (TPSA) is 64.7 Å². The summed E-state index contributed by atoms with van der Waals surface area (Å²) in [5.41, 5.74) is 11.7. The van der Waals surface area contributed by atoms with Crippen molar-refractivity contribution in [2.45, 2.75) is 0 Å². The van der Waals surface area contributed by atoms with Gasteiger partial charge in [-0.15, -0.1) is 0 Å². The quantitative estimate of drug-likeness (QED) is 0.160. The molecule has 0 saturated heterocycles. The van der Waals surface area contributed by atoms with Crippen molar-refractivity contribution in [3.8, 4) is 67.7 Å². The van der Waals surface area contributed by atoms with Gasteiger partial charge in [0.05, 0.1) is 5.52 Å². The van der Waals surface area contributed by atoms with Gasteiger partial charge in [0.1, 0.15) is 11.3 Å². The SMILES string of the molecule is c1ccc(-c2cccc(-c3nc(-c4ccccc4)nc(-c4ccc(-c5ccc(-c6nc7ccc8ccccc8c7c7c6oc6ccccc67)cc5)cc4)n3)c2)cc1. The van der Waals surface area contributed by atoms with Crippen molar-refractivity contribution >= 4 is 43.6 Å². The second-order valence-electron chi connectivity index (χ2n) is 14.2. The van der Waals surface area contributed by atoms with E-state index in [0.717, 1.165) is 83.0 Å². The third-order valence-electron chi connectivity index (χ3n) is 10.7. The summed E-state index contributed by atoms with van der Waals surface area (Å²) in [6.07, 6.45) is 0. The third-order valence-corrected chi connectivity index (χ3v) is 10.7. The summed E-state index contributed by atoms with van der Waals surface area (Å²) in [4.78, 5) is 20.2. The summed E-state index contributed by atoms with van der Waals surface area (Å²) < 4.78 is 6.59. The Bertz CT molecular complexity index is 3270. The molecule has 0 aliphatic carbocycles. The summed E-state index contributed by atoms with van der Waals surface area (Å²) in [6, 6.07) is 66.9. The standard InChI is InChI=1S/C52H32N4O/c1-3-12-33(13-4-1)40-17-11-18-41(32-40)52-55-50(38-15-5-2-6-16-38)54-51(56-52)39-28-24-35(25-29-39)34-22-26-37(27-23-34)48-49-47(43-20-9-10-21-45(43)57-49)46-42-19-8-7-14-36(42)30-31-44(46)53-48/h1-32H. The molecule has 57 heavy (non-hydrogen) atoms. The molecule has 5 nitrogen and oxygen atoms in total. The molecule has 5 heteroatoms. The number of aromatic nitrogens is 4. The zero-order valence-corrected chi connectivity index (χ0v) is 30.7. The average Bonchev–Trinajstić information content (AvgIpc) is 3.69. The third kappa shape index (κ3) is 5.81. The molecule has 0 atom stereocenters. The van der Waals surface area contributed by atoms with Gasteiger partial charge in [-0.25, -0.2) is 19.9 Å². The molecule has 11 aromatic rings. The number of nitrogens with zero attached hydrogens (tertiary/aromatic N) is 4. The van der Waals surface area contributed by atoms with Gasteiger partial charge in [0.15, 0.2) is 23.1 Å². The Kier molecular flexibility index (Phi) is 7.74. The van der Waals surface area contributed by atoms with Crippen molar-refractivity contribution in [3.63, 3.8) is 0 Å². The molecule has 0 N–H and O–H groups in total. The monoisotopic (exact) mass is 728 g/mol. The van der Waals surface area contributed by atoms with E-state index < -0.39 is 0 Å². The largest absolute Gasteiger partial charge is 0.454 e. The number of hydrogen-bond donors (Lipinski definition) is 0. The average molecular weight is 729 g/mol. The number of hydrogen-bond acceptors (Lipinski definition) is 5. The van der Waals surface area contributed by atoms with Crippen molar-refractivity contribution in [1.29, 1.82) is 0 Å². The summed E-state index contributed by atoms with van der Waals surface area (Å²) in [5.74, 6) is 1.88. The van der Waals surface area contributed by atoms with Gasteiger partial charge in [-0.1, -0.05) is 176 Å². The molecule has 11 rings (SSSR count). The molecule has 8 aromatic carbocycles. The van der Waals surface area contributed by atoms with E-state index in [-0.39, 0.29) is 0 Å². The summed E-state index contributed by atoms with van der Waals surface area (Å²) in [5, 5.41) is 5.67. The van der Waals surface area contributed by atoms with E-state index in [1.165, 1.54) is 10.8 Å². The molecule has 0 aliphatic rings. The van der Waals surface area contributed by atoms with Crippen LogP contribution >= 0.6 is 0 Å². The van der Waals surface area contributed by atoms with E-state index in [4.69, 9.17) is 24.4 Å². The number of fused-ring (bicyclic) bond motifs is 7. The molecular weight excluding hydrogens is 697 g/mol. The van der Waals surface area contributed by atoms with Crippen LogP contribution in [0.4, 0.5) is 0 Å². The second kappa shape index (κ2) is 13.5. The van der Waals surface area contributed by atoms with Gasteiger partial charge in [0.2, 0.25) is 0 Å². The number of rotatable bonds is 6. The van der Waals surface area contributed by atoms with Gasteiger partial charge >= 0.3 is 0 Å². The maximum absolute atomic E-state index is 6.59. The van der Waals surface area contributed by atoms with Crippen LogP contribution in [0.1, 0.15) is 0 Å². The van der Waals surface area contributed by atoms with Gasteiger partial charge in [-0.05, 0) is 51.2 Å². The van der Waals surface area contributed by atoms with E-state index in [9.17, 15) is 0 Å². The van der Waals surface area contributed by atoms with Crippen molar-refractivity contribution in [1.82, 2.24) is 19.9 Å². The molecular formula is C52H32N4O. The fourth-order valence-corrected chi connectivity index (χ4v) is 7.89. The lowest BCUT2D eigenvalue weighted by Gasteiger charge is -2.11. The smallest absolute Gasteiger partial charge is 0.164 e. The van der Waals surface area contributed by atoms with Crippen LogP contribution in [0.15, 0.2) is 199 Å². The minimum atomic E-state index is 0.621. The zero-order valence-electron chi connectivity index (χ0n) is 30.7. The number of benzene rings is 8. The van der Waals surface area contributed by atoms with Crippen LogP contribution in [0.5, 0.6) is 0 Å². The highest BCUT2D eigenvalue weighted by Crippen LogP contribution is 2.42. The predicted molar refractivity (Wildman–Crippen MR) is 233 cm³/mol. The lowest BCUT2D eigenvalue weighted by Crippen LogP contribution is -2.00. The van der Waals surface area contributed by atoms with Crippen LogP contribution in [0.3, 0.4) is 0 Å². The lowest BCUT2D eigenvalue weighted by molar-refractivity contribution is 0.669. The first kappa shape index (κ1) is 32.7. The molecule has 0 amide bonds. The fourth-order valence-electron chi connectivity index (χ4n) is 7.89. The van der Waals surface area contributed by atoms with Crippen molar-refractivity contribution in [2.75, 3.05) is 0 Å². The van der Waals surface area contributed by atoms with Gasteiger partial charge in [0, 0.05) is 38.4 Å². The van der Waals surface area contributed by atoms with Gasteiger partial charge in [0.25, 0.3) is 0 Å². The molecule has 0 fully saturated rings. The van der Waals surface area contributed by atoms with Crippen molar-refractivity contribution in [2.24, 2.45) is 0 Å². The summed E-state index contributed by atoms with van der Waals surface area (Å²) in [6.45, 7) is 0. The molecule has 3 heterocycles.